The lowest BCUT2D eigenvalue weighted by Crippen LogP contribution is -2.40. The molecule has 1 aliphatic rings. The summed E-state index contributed by atoms with van der Waals surface area (Å²) in [6, 6.07) is 0.518. The van der Waals surface area contributed by atoms with Crippen LogP contribution < -0.4 is 5.32 Å². The van der Waals surface area contributed by atoms with Crippen LogP contribution >= 0.6 is 0 Å². The van der Waals surface area contributed by atoms with Gasteiger partial charge >= 0.3 is 6.03 Å². The molecule has 2 rings (SSSR count). The Bertz CT molecular complexity index is 462. The molecule has 2 amide bonds. The van der Waals surface area contributed by atoms with Crippen LogP contribution in [0.15, 0.2) is 12.1 Å². The second-order valence-electron chi connectivity index (χ2n) is 4.84. The van der Waals surface area contributed by atoms with Crippen LogP contribution in [0.3, 0.4) is 0 Å². The quantitative estimate of drug-likeness (QED) is 0.835. The Morgan fingerprint density at radius 2 is 1.74 bits per heavy atom. The van der Waals surface area contributed by atoms with E-state index in [0.29, 0.717) is 31.1 Å². The fraction of sp³-hybridized carbons (Fsp3) is 0.462. The highest BCUT2D eigenvalue weighted by atomic mass is 19.1. The van der Waals surface area contributed by atoms with Gasteiger partial charge in [-0.05, 0) is 18.8 Å². The summed E-state index contributed by atoms with van der Waals surface area (Å²) in [5, 5.41) is 2.16. The molecule has 6 heteroatoms. The van der Waals surface area contributed by atoms with Crippen molar-refractivity contribution in [2.24, 2.45) is 5.92 Å². The molecule has 3 nitrogen and oxygen atoms in total. The van der Waals surface area contributed by atoms with E-state index in [2.05, 4.69) is 12.2 Å². The molecule has 104 valence electrons. The molecule has 1 heterocycles. The van der Waals surface area contributed by atoms with Gasteiger partial charge in [0.1, 0.15) is 11.5 Å². The molecular weight excluding hydrogens is 257 g/mol. The smallest absolute Gasteiger partial charge is 0.322 e. The van der Waals surface area contributed by atoms with Crippen LogP contribution in [0.1, 0.15) is 19.8 Å². The second-order valence-corrected chi connectivity index (χ2v) is 4.84. The number of amides is 2. The first-order valence-corrected chi connectivity index (χ1v) is 6.18. The first kappa shape index (κ1) is 13.7. The number of nitrogens with one attached hydrogen (secondary N) is 1. The van der Waals surface area contributed by atoms with Crippen molar-refractivity contribution in [2.75, 3.05) is 18.4 Å². The average molecular weight is 272 g/mol. The van der Waals surface area contributed by atoms with E-state index in [-0.39, 0.29) is 0 Å². The number of rotatable bonds is 1. The Balaban J connectivity index is 2.07. The Labute approximate surface area is 109 Å². The third-order valence-electron chi connectivity index (χ3n) is 3.31. The number of hydrogen-bond acceptors (Lipinski definition) is 1. The summed E-state index contributed by atoms with van der Waals surface area (Å²) in [6.07, 6.45) is 1.73. The lowest BCUT2D eigenvalue weighted by Gasteiger charge is -2.30. The summed E-state index contributed by atoms with van der Waals surface area (Å²) >= 11 is 0. The highest BCUT2D eigenvalue weighted by molar-refractivity contribution is 5.89. The predicted molar refractivity (Wildman–Crippen MR) is 65.3 cm³/mol. The first-order valence-electron chi connectivity index (χ1n) is 6.18. The zero-order valence-corrected chi connectivity index (χ0v) is 10.5. The van der Waals surface area contributed by atoms with Crippen molar-refractivity contribution in [1.29, 1.82) is 0 Å². The zero-order valence-electron chi connectivity index (χ0n) is 10.5. The Morgan fingerprint density at radius 3 is 2.26 bits per heavy atom. The molecule has 1 N–H and O–H groups in total. The minimum atomic E-state index is -1.11. The van der Waals surface area contributed by atoms with Crippen molar-refractivity contribution in [1.82, 2.24) is 4.90 Å². The standard InChI is InChI=1S/C13H15F3N2O/c1-8-2-4-18(5-3-8)13(19)17-12-10(15)6-9(14)7-11(12)16/h6-8H,2-5H2,1H3,(H,17,19). The van der Waals surface area contributed by atoms with Crippen LogP contribution in [0, 0.1) is 23.4 Å². The largest absolute Gasteiger partial charge is 0.325 e. The van der Waals surface area contributed by atoms with Crippen LogP contribution in [0.5, 0.6) is 0 Å². The van der Waals surface area contributed by atoms with Gasteiger partial charge in [-0.1, -0.05) is 6.92 Å². The van der Waals surface area contributed by atoms with E-state index in [1.807, 2.05) is 0 Å². The maximum atomic E-state index is 13.4. The van der Waals surface area contributed by atoms with Gasteiger partial charge in [0.15, 0.2) is 11.6 Å². The van der Waals surface area contributed by atoms with Gasteiger partial charge in [0, 0.05) is 25.2 Å². The highest BCUT2D eigenvalue weighted by Gasteiger charge is 2.22. The summed E-state index contributed by atoms with van der Waals surface area (Å²) < 4.78 is 39.5. The van der Waals surface area contributed by atoms with Crippen molar-refractivity contribution in [2.45, 2.75) is 19.8 Å². The first-order chi connectivity index (χ1) is 8.97. The second kappa shape index (κ2) is 5.50. The third kappa shape index (κ3) is 3.19. The van der Waals surface area contributed by atoms with Gasteiger partial charge in [-0.15, -0.1) is 0 Å². The molecular formula is C13H15F3N2O. The number of carbonyl (C=O) groups is 1. The predicted octanol–water partition coefficient (Wildman–Crippen LogP) is 3.37. The summed E-state index contributed by atoms with van der Waals surface area (Å²) in [6.45, 7) is 3.20. The average Bonchev–Trinajstić information content (AvgIpc) is 2.34. The van der Waals surface area contributed by atoms with Crippen LogP contribution in [0.25, 0.3) is 0 Å². The van der Waals surface area contributed by atoms with Gasteiger partial charge in [-0.25, -0.2) is 18.0 Å². The molecule has 0 radical (unpaired) electrons. The number of likely N-dealkylation sites (tertiary alicyclic amines) is 1. The van der Waals surface area contributed by atoms with Crippen LogP contribution in [-0.4, -0.2) is 24.0 Å². The van der Waals surface area contributed by atoms with Gasteiger partial charge in [0.05, 0.1) is 0 Å². The number of nitrogens with zero attached hydrogens (tertiary/aromatic N) is 1. The number of carbonyl (C=O) groups excluding carboxylic acids is 1. The van der Waals surface area contributed by atoms with Crippen molar-refractivity contribution in [3.05, 3.63) is 29.6 Å². The van der Waals surface area contributed by atoms with Gasteiger partial charge < -0.3 is 10.2 Å². The number of hydrogen-bond donors (Lipinski definition) is 1. The summed E-state index contributed by atoms with van der Waals surface area (Å²) in [5.74, 6) is -2.70. The van der Waals surface area contributed by atoms with Crippen LogP contribution in [0.4, 0.5) is 23.7 Å². The summed E-state index contributed by atoms with van der Waals surface area (Å²) in [4.78, 5) is 13.4. The number of piperidine rings is 1. The fourth-order valence-corrected chi connectivity index (χ4v) is 2.06. The number of urea groups is 1. The minimum Gasteiger partial charge on any atom is -0.325 e. The Kier molecular flexibility index (Phi) is 3.97. The Morgan fingerprint density at radius 1 is 1.21 bits per heavy atom. The van der Waals surface area contributed by atoms with Gasteiger partial charge in [-0.2, -0.15) is 0 Å². The summed E-state index contributed by atoms with van der Waals surface area (Å²) in [5.41, 5.74) is -0.606. The normalized spacial score (nSPS) is 16.5. The summed E-state index contributed by atoms with van der Waals surface area (Å²) in [7, 11) is 0. The van der Waals surface area contributed by atoms with E-state index in [1.165, 1.54) is 4.90 Å². The number of anilines is 1. The topological polar surface area (TPSA) is 32.3 Å². The molecule has 19 heavy (non-hydrogen) atoms. The molecule has 0 saturated carbocycles. The van der Waals surface area contributed by atoms with Crippen LogP contribution in [-0.2, 0) is 0 Å². The molecule has 0 spiro atoms. The molecule has 1 aliphatic heterocycles. The SMILES string of the molecule is CC1CCN(C(=O)Nc2c(F)cc(F)cc2F)CC1. The van der Waals surface area contributed by atoms with Crippen LogP contribution in [0.2, 0.25) is 0 Å². The zero-order chi connectivity index (χ0) is 14.0. The molecule has 1 fully saturated rings. The van der Waals surface area contributed by atoms with E-state index in [0.717, 1.165) is 12.8 Å². The van der Waals surface area contributed by atoms with Gasteiger partial charge in [0.25, 0.3) is 0 Å². The van der Waals surface area contributed by atoms with Crippen molar-refractivity contribution in [3.63, 3.8) is 0 Å². The number of benzene rings is 1. The van der Waals surface area contributed by atoms with E-state index in [9.17, 15) is 18.0 Å². The van der Waals surface area contributed by atoms with E-state index < -0.39 is 29.2 Å². The van der Waals surface area contributed by atoms with Crippen molar-refractivity contribution in [3.8, 4) is 0 Å². The monoisotopic (exact) mass is 272 g/mol. The van der Waals surface area contributed by atoms with E-state index in [4.69, 9.17) is 0 Å². The maximum Gasteiger partial charge on any atom is 0.322 e. The highest BCUT2D eigenvalue weighted by Crippen LogP contribution is 2.22. The van der Waals surface area contributed by atoms with Crippen molar-refractivity contribution < 1.29 is 18.0 Å². The molecule has 0 bridgehead atoms. The van der Waals surface area contributed by atoms with E-state index in [1.54, 1.807) is 0 Å². The molecule has 1 aromatic carbocycles. The molecule has 0 aromatic heterocycles. The third-order valence-corrected chi connectivity index (χ3v) is 3.31. The lowest BCUT2D eigenvalue weighted by atomic mass is 10.00. The van der Waals surface area contributed by atoms with E-state index >= 15 is 0 Å². The lowest BCUT2D eigenvalue weighted by molar-refractivity contribution is 0.186. The maximum absolute atomic E-state index is 13.4. The molecule has 0 atom stereocenters. The number of halogens is 3. The van der Waals surface area contributed by atoms with Crippen molar-refractivity contribution >= 4 is 11.7 Å². The minimum absolute atomic E-state index is 0.539. The fourth-order valence-electron chi connectivity index (χ4n) is 2.06. The molecule has 0 aliphatic carbocycles. The molecule has 0 unspecified atom stereocenters. The molecule has 1 saturated heterocycles. The Hall–Kier alpha value is -1.72. The van der Waals surface area contributed by atoms with Gasteiger partial charge in [-0.3, -0.25) is 0 Å². The van der Waals surface area contributed by atoms with Gasteiger partial charge in [0.2, 0.25) is 0 Å². The molecule has 1 aromatic rings.